The highest BCUT2D eigenvalue weighted by atomic mass is 35.5. The third-order valence-electron chi connectivity index (χ3n) is 5.28. The Morgan fingerprint density at radius 1 is 0.865 bits per heavy atom. The Kier molecular flexibility index (Phi) is 8.08. The Morgan fingerprint density at radius 2 is 1.65 bits per heavy atom. The lowest BCUT2D eigenvalue weighted by Gasteiger charge is -2.11. The van der Waals surface area contributed by atoms with Crippen molar-refractivity contribution in [1.82, 2.24) is 5.43 Å². The highest BCUT2D eigenvalue weighted by Crippen LogP contribution is 2.29. The molecule has 0 heterocycles. The molecule has 0 saturated heterocycles. The quantitative estimate of drug-likeness (QED) is 0.0978. The zero-order valence-corrected chi connectivity index (χ0v) is 21.5. The van der Waals surface area contributed by atoms with Crippen LogP contribution in [0.5, 0.6) is 5.75 Å². The van der Waals surface area contributed by atoms with Gasteiger partial charge in [0, 0.05) is 21.3 Å². The van der Waals surface area contributed by atoms with Gasteiger partial charge in [0.15, 0.2) is 0 Å². The number of fused-ring (bicyclic) bond motifs is 1. The summed E-state index contributed by atoms with van der Waals surface area (Å²) in [5.41, 5.74) is 3.91. The van der Waals surface area contributed by atoms with Crippen molar-refractivity contribution in [3.8, 4) is 5.75 Å². The minimum atomic E-state index is -1.00. The topological polar surface area (TPSA) is 96.9 Å². The number of hydrogen-bond acceptors (Lipinski definition) is 5. The Labute approximate surface area is 227 Å². The summed E-state index contributed by atoms with van der Waals surface area (Å²) in [5, 5.41) is 8.88. The lowest BCUT2D eigenvalue weighted by Crippen LogP contribution is -2.32. The van der Waals surface area contributed by atoms with E-state index in [9.17, 15) is 14.4 Å². The van der Waals surface area contributed by atoms with Crippen LogP contribution in [-0.4, -0.2) is 24.0 Å². The minimum absolute atomic E-state index is 0.128. The van der Waals surface area contributed by atoms with Gasteiger partial charge in [-0.2, -0.15) is 5.10 Å². The van der Waals surface area contributed by atoms with Gasteiger partial charge in [-0.3, -0.25) is 9.59 Å². The van der Waals surface area contributed by atoms with Gasteiger partial charge in [-0.05, 0) is 59.7 Å². The van der Waals surface area contributed by atoms with E-state index in [-0.39, 0.29) is 16.3 Å². The van der Waals surface area contributed by atoms with E-state index in [1.165, 1.54) is 30.5 Å². The first-order valence-electron chi connectivity index (χ1n) is 10.8. The number of anilines is 1. The maximum atomic E-state index is 12.8. The van der Waals surface area contributed by atoms with Crippen molar-refractivity contribution in [3.05, 3.63) is 105 Å². The molecule has 2 N–H and O–H groups in total. The number of benzene rings is 4. The van der Waals surface area contributed by atoms with Crippen LogP contribution in [0.4, 0.5) is 5.69 Å². The molecule has 0 aromatic heterocycles. The van der Waals surface area contributed by atoms with Gasteiger partial charge in [0.25, 0.3) is 0 Å². The molecule has 0 aliphatic heterocycles. The van der Waals surface area contributed by atoms with Crippen LogP contribution in [0, 0.1) is 6.92 Å². The largest absolute Gasteiger partial charge is 0.422 e. The van der Waals surface area contributed by atoms with E-state index in [1.54, 1.807) is 36.4 Å². The van der Waals surface area contributed by atoms with Gasteiger partial charge in [-0.15, -0.1) is 0 Å². The van der Waals surface area contributed by atoms with Crippen LogP contribution in [0.2, 0.25) is 15.1 Å². The number of nitrogens with zero attached hydrogens (tertiary/aromatic N) is 1. The number of halogens is 3. The van der Waals surface area contributed by atoms with Crippen LogP contribution in [0.25, 0.3) is 10.8 Å². The average molecular weight is 555 g/mol. The molecule has 37 heavy (non-hydrogen) atoms. The molecule has 186 valence electrons. The summed E-state index contributed by atoms with van der Waals surface area (Å²) in [6, 6.07) is 20.0. The van der Waals surface area contributed by atoms with E-state index >= 15 is 0 Å². The Hall–Kier alpha value is -3.91. The molecule has 0 radical (unpaired) electrons. The SMILES string of the molecule is Cc1ccc(NC(=O)C(=O)NN=Cc2c(OC(=O)c3ccc(Cl)cc3Cl)ccc3ccccc23)cc1Cl. The van der Waals surface area contributed by atoms with E-state index in [4.69, 9.17) is 39.5 Å². The maximum absolute atomic E-state index is 12.8. The van der Waals surface area contributed by atoms with Gasteiger partial charge in [0.1, 0.15) is 5.75 Å². The van der Waals surface area contributed by atoms with E-state index in [0.717, 1.165) is 10.9 Å². The lowest BCUT2D eigenvalue weighted by molar-refractivity contribution is -0.136. The Balaban J connectivity index is 1.55. The molecule has 2 amide bonds. The number of hydrogen-bond donors (Lipinski definition) is 2. The number of aryl methyl sites for hydroxylation is 1. The highest BCUT2D eigenvalue weighted by molar-refractivity contribution is 6.40. The standard InChI is InChI=1S/C27H18Cl3N3O4/c1-15-6-9-18(13-22(15)29)32-25(34)26(35)33-31-14-21-19-5-3-2-4-16(19)7-11-24(21)37-27(36)20-10-8-17(28)12-23(20)30/h2-14H,1H3,(H,32,34)(H,33,35). The summed E-state index contributed by atoms with van der Waals surface area (Å²) in [5.74, 6) is -2.46. The second-order valence-corrected chi connectivity index (χ2v) is 9.08. The molecule has 4 rings (SSSR count). The average Bonchev–Trinajstić information content (AvgIpc) is 2.87. The fraction of sp³-hybridized carbons (Fsp3) is 0.0370. The number of esters is 1. The zero-order chi connectivity index (χ0) is 26.5. The second-order valence-electron chi connectivity index (χ2n) is 7.83. The molecule has 10 heteroatoms. The van der Waals surface area contributed by atoms with Crippen LogP contribution in [0.1, 0.15) is 21.5 Å². The van der Waals surface area contributed by atoms with Gasteiger partial charge in [0.05, 0.1) is 16.8 Å². The van der Waals surface area contributed by atoms with Gasteiger partial charge in [-0.25, -0.2) is 10.2 Å². The fourth-order valence-electron chi connectivity index (χ4n) is 3.37. The first-order chi connectivity index (χ1) is 17.7. The van der Waals surface area contributed by atoms with Crippen LogP contribution in [0.3, 0.4) is 0 Å². The van der Waals surface area contributed by atoms with Crippen molar-refractivity contribution in [2.45, 2.75) is 6.92 Å². The molecule has 4 aromatic carbocycles. The molecule has 0 atom stereocenters. The van der Waals surface area contributed by atoms with Crippen LogP contribution in [-0.2, 0) is 9.59 Å². The van der Waals surface area contributed by atoms with Crippen molar-refractivity contribution < 1.29 is 19.1 Å². The minimum Gasteiger partial charge on any atom is -0.422 e. The number of ether oxygens (including phenoxy) is 1. The molecule has 0 aliphatic rings. The zero-order valence-electron chi connectivity index (χ0n) is 19.2. The molecule has 0 bridgehead atoms. The fourth-order valence-corrected chi connectivity index (χ4v) is 4.04. The van der Waals surface area contributed by atoms with Crippen molar-refractivity contribution >= 4 is 75.3 Å². The summed E-state index contributed by atoms with van der Waals surface area (Å²) < 4.78 is 5.60. The molecule has 4 aromatic rings. The van der Waals surface area contributed by atoms with Crippen molar-refractivity contribution in [3.63, 3.8) is 0 Å². The number of nitrogens with one attached hydrogen (secondary N) is 2. The smallest absolute Gasteiger partial charge is 0.345 e. The third kappa shape index (κ3) is 6.27. The summed E-state index contributed by atoms with van der Waals surface area (Å²) >= 11 is 18.1. The Morgan fingerprint density at radius 3 is 2.41 bits per heavy atom. The summed E-state index contributed by atoms with van der Waals surface area (Å²) in [7, 11) is 0. The van der Waals surface area contributed by atoms with Crippen molar-refractivity contribution in [2.24, 2.45) is 5.10 Å². The number of carbonyl (C=O) groups excluding carboxylic acids is 3. The molecule has 0 saturated carbocycles. The molecular formula is C27H18Cl3N3O4. The normalized spacial score (nSPS) is 10.9. The number of amides is 2. The van der Waals surface area contributed by atoms with Crippen molar-refractivity contribution in [2.75, 3.05) is 5.32 Å². The predicted molar refractivity (Wildman–Crippen MR) is 146 cm³/mol. The second kappa shape index (κ2) is 11.4. The van der Waals surface area contributed by atoms with Crippen LogP contribution in [0.15, 0.2) is 77.9 Å². The van der Waals surface area contributed by atoms with Gasteiger partial charge >= 0.3 is 17.8 Å². The number of carbonyl (C=O) groups is 3. The van der Waals surface area contributed by atoms with Crippen LogP contribution < -0.4 is 15.5 Å². The van der Waals surface area contributed by atoms with E-state index in [2.05, 4.69) is 15.8 Å². The lowest BCUT2D eigenvalue weighted by atomic mass is 10.0. The monoisotopic (exact) mass is 553 g/mol. The van der Waals surface area contributed by atoms with E-state index in [0.29, 0.717) is 26.7 Å². The maximum Gasteiger partial charge on any atom is 0.345 e. The summed E-state index contributed by atoms with van der Waals surface area (Å²) in [6.45, 7) is 1.82. The predicted octanol–water partition coefficient (Wildman–Crippen LogP) is 6.42. The molecule has 0 aliphatic carbocycles. The number of rotatable bonds is 5. The molecule has 0 fully saturated rings. The third-order valence-corrected chi connectivity index (χ3v) is 6.24. The van der Waals surface area contributed by atoms with Gasteiger partial charge < -0.3 is 10.1 Å². The number of hydrazone groups is 1. The first-order valence-corrected chi connectivity index (χ1v) is 12.0. The molecule has 0 unspecified atom stereocenters. The van der Waals surface area contributed by atoms with Crippen molar-refractivity contribution in [1.29, 1.82) is 0 Å². The molecule has 7 nitrogen and oxygen atoms in total. The van der Waals surface area contributed by atoms with Gasteiger partial charge in [-0.1, -0.05) is 71.2 Å². The highest BCUT2D eigenvalue weighted by Gasteiger charge is 2.17. The van der Waals surface area contributed by atoms with E-state index in [1.807, 2.05) is 19.1 Å². The summed E-state index contributed by atoms with van der Waals surface area (Å²) in [4.78, 5) is 37.3. The molecular weight excluding hydrogens is 537 g/mol. The van der Waals surface area contributed by atoms with Crippen LogP contribution >= 0.6 is 34.8 Å². The van der Waals surface area contributed by atoms with Gasteiger partial charge in [0.2, 0.25) is 0 Å². The Bertz CT molecular complexity index is 1570. The summed E-state index contributed by atoms with van der Waals surface area (Å²) in [6.07, 6.45) is 1.29. The van der Waals surface area contributed by atoms with E-state index < -0.39 is 17.8 Å². The molecule has 0 spiro atoms. The first kappa shape index (κ1) is 26.2.